The molecule has 6 nitrogen and oxygen atoms in total. The quantitative estimate of drug-likeness (QED) is 0.226. The third kappa shape index (κ3) is 5.88. The van der Waals surface area contributed by atoms with Gasteiger partial charge in [-0.3, -0.25) is 9.59 Å². The van der Waals surface area contributed by atoms with E-state index in [1.165, 1.54) is 0 Å². The van der Waals surface area contributed by atoms with Gasteiger partial charge in [-0.15, -0.1) is 0 Å². The Bertz CT molecular complexity index is 1160. The zero-order valence-corrected chi connectivity index (χ0v) is 22.3. The number of Topliss-reactive ketones (excluding diaryl/α,β-unsaturated/α-hetero) is 1. The number of ketones is 1. The van der Waals surface area contributed by atoms with Gasteiger partial charge in [0.15, 0.2) is 0 Å². The van der Waals surface area contributed by atoms with Crippen LogP contribution in [-0.4, -0.2) is 60.4 Å². The molecule has 1 atom stereocenters. The Kier molecular flexibility index (Phi) is 8.41. The molecule has 6 heteroatoms. The van der Waals surface area contributed by atoms with Crippen molar-refractivity contribution in [1.29, 1.82) is 0 Å². The van der Waals surface area contributed by atoms with Crippen molar-refractivity contribution in [2.75, 3.05) is 33.8 Å². The average Bonchev–Trinajstić information content (AvgIpc) is 3.07. The molecule has 1 heterocycles. The summed E-state index contributed by atoms with van der Waals surface area (Å²) in [5, 5.41) is 11.4. The van der Waals surface area contributed by atoms with Gasteiger partial charge in [-0.2, -0.15) is 0 Å². The minimum Gasteiger partial charge on any atom is -0.507 e. The lowest BCUT2D eigenvalue weighted by Gasteiger charge is -2.27. The van der Waals surface area contributed by atoms with Crippen molar-refractivity contribution in [2.45, 2.75) is 45.6 Å². The van der Waals surface area contributed by atoms with Crippen LogP contribution in [0, 0.1) is 6.92 Å². The van der Waals surface area contributed by atoms with E-state index < -0.39 is 17.7 Å². The summed E-state index contributed by atoms with van der Waals surface area (Å²) in [5.74, 6) is -0.744. The van der Waals surface area contributed by atoms with E-state index in [4.69, 9.17) is 4.74 Å². The van der Waals surface area contributed by atoms with Crippen molar-refractivity contribution in [3.63, 3.8) is 0 Å². The zero-order valence-electron chi connectivity index (χ0n) is 22.3. The van der Waals surface area contributed by atoms with Gasteiger partial charge in [0.2, 0.25) is 0 Å². The Morgan fingerprint density at radius 2 is 1.81 bits per heavy atom. The Labute approximate surface area is 214 Å². The van der Waals surface area contributed by atoms with Crippen LogP contribution in [0.25, 0.3) is 5.76 Å². The molecule has 3 rings (SSSR count). The predicted octanol–water partition coefficient (Wildman–Crippen LogP) is 5.23. The van der Waals surface area contributed by atoms with Crippen molar-refractivity contribution in [3.05, 3.63) is 82.9 Å². The Balaban J connectivity index is 2.09. The van der Waals surface area contributed by atoms with Crippen molar-refractivity contribution in [3.8, 4) is 5.75 Å². The van der Waals surface area contributed by atoms with Crippen LogP contribution >= 0.6 is 0 Å². The van der Waals surface area contributed by atoms with Gasteiger partial charge in [-0.25, -0.2) is 0 Å². The van der Waals surface area contributed by atoms with Crippen LogP contribution in [-0.2, 0) is 15.0 Å². The molecule has 192 valence electrons. The van der Waals surface area contributed by atoms with Gasteiger partial charge in [0.25, 0.3) is 11.7 Å². The van der Waals surface area contributed by atoms with Crippen LogP contribution in [0.4, 0.5) is 0 Å². The first-order valence-corrected chi connectivity index (χ1v) is 12.3. The van der Waals surface area contributed by atoms with E-state index in [-0.39, 0.29) is 16.7 Å². The number of aliphatic hydroxyl groups is 1. The van der Waals surface area contributed by atoms with E-state index in [1.54, 1.807) is 29.2 Å². The highest BCUT2D eigenvalue weighted by atomic mass is 16.5. The molecule has 1 N–H and O–H groups in total. The second-order valence-corrected chi connectivity index (χ2v) is 10.6. The Hall–Kier alpha value is -3.38. The van der Waals surface area contributed by atoms with Crippen LogP contribution in [0.15, 0.2) is 60.7 Å². The minimum absolute atomic E-state index is 0.0288. The fourth-order valence-corrected chi connectivity index (χ4v) is 4.44. The minimum atomic E-state index is -0.660. The van der Waals surface area contributed by atoms with Gasteiger partial charge in [0.1, 0.15) is 18.1 Å². The summed E-state index contributed by atoms with van der Waals surface area (Å²) >= 11 is 0. The van der Waals surface area contributed by atoms with Crippen LogP contribution in [0.5, 0.6) is 5.75 Å². The fraction of sp³-hybridized carbons (Fsp3) is 0.400. The highest BCUT2D eigenvalue weighted by Gasteiger charge is 2.45. The molecular formula is C30H38N2O4. The van der Waals surface area contributed by atoms with E-state index in [1.807, 2.05) is 50.2 Å². The molecule has 0 aromatic heterocycles. The van der Waals surface area contributed by atoms with Gasteiger partial charge >= 0.3 is 0 Å². The van der Waals surface area contributed by atoms with Crippen molar-refractivity contribution in [1.82, 2.24) is 9.80 Å². The summed E-state index contributed by atoms with van der Waals surface area (Å²) in [6.07, 6.45) is 2.38. The summed E-state index contributed by atoms with van der Waals surface area (Å²) < 4.78 is 5.64. The molecule has 0 radical (unpaired) electrons. The molecule has 0 aliphatic carbocycles. The van der Waals surface area contributed by atoms with E-state index in [0.29, 0.717) is 30.9 Å². The summed E-state index contributed by atoms with van der Waals surface area (Å²) in [5.41, 5.74) is 3.33. The molecule has 1 aliphatic heterocycles. The van der Waals surface area contributed by atoms with Crippen LogP contribution in [0.1, 0.15) is 55.5 Å². The molecular weight excluding hydrogens is 452 g/mol. The Morgan fingerprint density at radius 1 is 1.14 bits per heavy atom. The summed E-state index contributed by atoms with van der Waals surface area (Å²) in [4.78, 5) is 30.1. The maximum absolute atomic E-state index is 13.3. The van der Waals surface area contributed by atoms with Crippen molar-refractivity contribution >= 4 is 17.4 Å². The summed E-state index contributed by atoms with van der Waals surface area (Å²) in [7, 11) is 3.95. The lowest BCUT2D eigenvalue weighted by molar-refractivity contribution is -0.139. The molecule has 2 aromatic carbocycles. The second kappa shape index (κ2) is 11.1. The lowest BCUT2D eigenvalue weighted by atomic mass is 9.85. The molecule has 1 aliphatic rings. The molecule has 1 fully saturated rings. The number of aliphatic hydroxyl groups excluding tert-OH is 1. The third-order valence-corrected chi connectivity index (χ3v) is 6.44. The van der Waals surface area contributed by atoms with Crippen LogP contribution < -0.4 is 4.74 Å². The topological polar surface area (TPSA) is 70.1 Å². The van der Waals surface area contributed by atoms with Crippen LogP contribution in [0.3, 0.4) is 0 Å². The SMILES string of the molecule is C=CCOc1ccc(C(O)=C2C(=O)C(=O)N(CCCN(C)C)C2c2ccc(C(C)(C)C)cc2)cc1C. The number of carbonyl (C=O) groups excluding carboxylic acids is 2. The maximum atomic E-state index is 13.3. The second-order valence-electron chi connectivity index (χ2n) is 10.6. The monoisotopic (exact) mass is 490 g/mol. The lowest BCUT2D eigenvalue weighted by Crippen LogP contribution is -2.32. The van der Waals surface area contributed by atoms with Gasteiger partial charge in [-0.05, 0) is 74.3 Å². The van der Waals surface area contributed by atoms with E-state index in [2.05, 4.69) is 27.4 Å². The molecule has 2 aromatic rings. The largest absolute Gasteiger partial charge is 0.507 e. The van der Waals surface area contributed by atoms with E-state index in [9.17, 15) is 14.7 Å². The summed E-state index contributed by atoms with van der Waals surface area (Å²) in [6, 6.07) is 12.6. The van der Waals surface area contributed by atoms with E-state index in [0.717, 1.165) is 23.2 Å². The molecule has 1 amide bonds. The Morgan fingerprint density at radius 3 is 2.36 bits per heavy atom. The number of nitrogens with zero attached hydrogens (tertiary/aromatic N) is 2. The normalized spacial score (nSPS) is 17.6. The first-order chi connectivity index (χ1) is 17.0. The van der Waals surface area contributed by atoms with Crippen molar-refractivity contribution in [2.24, 2.45) is 0 Å². The molecule has 0 spiro atoms. The fourth-order valence-electron chi connectivity index (χ4n) is 4.44. The van der Waals surface area contributed by atoms with Gasteiger partial charge in [0, 0.05) is 12.1 Å². The molecule has 36 heavy (non-hydrogen) atoms. The predicted molar refractivity (Wildman–Crippen MR) is 144 cm³/mol. The van der Waals surface area contributed by atoms with Gasteiger partial charge in [-0.1, -0.05) is 57.7 Å². The first kappa shape index (κ1) is 27.2. The smallest absolute Gasteiger partial charge is 0.295 e. The molecule has 0 saturated carbocycles. The number of carbonyl (C=O) groups is 2. The molecule has 0 bridgehead atoms. The number of ether oxygens (including phenoxy) is 1. The number of amides is 1. The number of hydrogen-bond donors (Lipinski definition) is 1. The highest BCUT2D eigenvalue weighted by molar-refractivity contribution is 6.46. The number of aryl methyl sites for hydroxylation is 1. The standard InChI is InChI=1S/C30H38N2O4/c1-8-18-36-24-15-12-22(19-20(24)2)27(33)25-26(21-10-13-23(14-11-21)30(3,4)5)32(29(35)28(25)34)17-9-16-31(6)7/h8,10-15,19,26,33H,1,9,16-18H2,2-7H3. The highest BCUT2D eigenvalue weighted by Crippen LogP contribution is 2.40. The molecule has 1 unspecified atom stereocenters. The zero-order chi connectivity index (χ0) is 26.6. The van der Waals surface area contributed by atoms with Crippen molar-refractivity contribution < 1.29 is 19.4 Å². The molecule has 1 saturated heterocycles. The van der Waals surface area contributed by atoms with E-state index >= 15 is 0 Å². The number of likely N-dealkylation sites (tertiary alicyclic amines) is 1. The van der Waals surface area contributed by atoms with Gasteiger partial charge < -0.3 is 19.6 Å². The average molecular weight is 491 g/mol. The first-order valence-electron chi connectivity index (χ1n) is 12.3. The summed E-state index contributed by atoms with van der Waals surface area (Å²) in [6.45, 7) is 13.5. The number of benzene rings is 2. The number of rotatable bonds is 9. The number of hydrogen-bond acceptors (Lipinski definition) is 5. The third-order valence-electron chi connectivity index (χ3n) is 6.44. The van der Waals surface area contributed by atoms with Crippen LogP contribution in [0.2, 0.25) is 0 Å². The van der Waals surface area contributed by atoms with Gasteiger partial charge in [0.05, 0.1) is 11.6 Å². The maximum Gasteiger partial charge on any atom is 0.295 e.